The van der Waals surface area contributed by atoms with Gasteiger partial charge in [-0.1, -0.05) is 0 Å². The smallest absolute Gasteiger partial charge is 0.203 e. The van der Waals surface area contributed by atoms with E-state index >= 15 is 0 Å². The lowest BCUT2D eigenvalue weighted by molar-refractivity contribution is 0.404. The Morgan fingerprint density at radius 3 is 2.56 bits per heavy atom. The third-order valence-electron chi connectivity index (χ3n) is 1.40. The van der Waals surface area contributed by atoms with Crippen molar-refractivity contribution in [3.8, 4) is 0 Å². The van der Waals surface area contributed by atoms with Crippen LogP contribution in [0.25, 0.3) is 0 Å². The average Bonchev–Trinajstić information content (AvgIpc) is 1.90. The Bertz CT molecular complexity index is 141. The van der Waals surface area contributed by atoms with Gasteiger partial charge in [0, 0.05) is 13.1 Å². The van der Waals surface area contributed by atoms with Crippen LogP contribution < -0.4 is 0 Å². The van der Waals surface area contributed by atoms with Crippen LogP contribution in [0.2, 0.25) is 0 Å². The molecule has 9 heavy (non-hydrogen) atoms. The van der Waals surface area contributed by atoms with Crippen LogP contribution in [0.3, 0.4) is 0 Å². The number of nitrogens with zero attached hydrogens (tertiary/aromatic N) is 1. The van der Waals surface area contributed by atoms with Crippen LogP contribution in [0.4, 0.5) is 0 Å². The molecule has 0 aromatic heterocycles. The van der Waals surface area contributed by atoms with E-state index in [2.05, 4.69) is 0 Å². The quantitative estimate of drug-likeness (QED) is 0.523. The van der Waals surface area contributed by atoms with Crippen LogP contribution in [0.15, 0.2) is 0 Å². The molecule has 0 bridgehead atoms. The summed E-state index contributed by atoms with van der Waals surface area (Å²) in [6.45, 7) is 1.31. The second-order valence-electron chi connectivity index (χ2n) is 2.08. The van der Waals surface area contributed by atoms with E-state index in [1.165, 1.54) is 4.31 Å². The fraction of sp³-hybridized carbons (Fsp3) is 0.800. The highest BCUT2D eigenvalue weighted by atomic mass is 32.2. The van der Waals surface area contributed by atoms with Gasteiger partial charge in [-0.2, -0.15) is 0 Å². The molecule has 0 saturated carbocycles. The third kappa shape index (κ3) is 1.95. The van der Waals surface area contributed by atoms with Crippen molar-refractivity contribution in [1.29, 1.82) is 0 Å². The van der Waals surface area contributed by atoms with Crippen molar-refractivity contribution in [3.63, 3.8) is 0 Å². The molecule has 0 unspecified atom stereocenters. The van der Waals surface area contributed by atoms with Gasteiger partial charge in [-0.3, -0.25) is 0 Å². The molecule has 0 amide bonds. The summed E-state index contributed by atoms with van der Waals surface area (Å²) in [5.74, 6) is 0. The summed E-state index contributed by atoms with van der Waals surface area (Å²) >= 11 is 0. The SMILES string of the molecule is O=[SH](=O)N1C[CH]CCC1. The molecule has 1 radical (unpaired) electrons. The predicted octanol–water partition coefficient (Wildman–Crippen LogP) is -0.187. The number of hydrogen-bond acceptors (Lipinski definition) is 2. The van der Waals surface area contributed by atoms with Crippen molar-refractivity contribution in [2.45, 2.75) is 12.8 Å². The van der Waals surface area contributed by atoms with E-state index in [1.54, 1.807) is 0 Å². The van der Waals surface area contributed by atoms with Crippen molar-refractivity contribution < 1.29 is 8.42 Å². The lowest BCUT2D eigenvalue weighted by Crippen LogP contribution is -2.28. The predicted molar refractivity (Wildman–Crippen MR) is 35.4 cm³/mol. The summed E-state index contributed by atoms with van der Waals surface area (Å²) in [6, 6.07) is 0. The molecular weight excluding hydrogens is 138 g/mol. The summed E-state index contributed by atoms with van der Waals surface area (Å²) in [4.78, 5) is 0. The summed E-state index contributed by atoms with van der Waals surface area (Å²) in [7, 11) is -2.32. The molecule has 4 heteroatoms. The molecule has 0 aromatic rings. The maximum absolute atomic E-state index is 10.3. The topological polar surface area (TPSA) is 37.4 Å². The van der Waals surface area contributed by atoms with Crippen LogP contribution in [0.1, 0.15) is 12.8 Å². The summed E-state index contributed by atoms with van der Waals surface area (Å²) in [6.07, 6.45) is 4.03. The van der Waals surface area contributed by atoms with Crippen molar-refractivity contribution in [1.82, 2.24) is 4.31 Å². The first kappa shape index (κ1) is 7.02. The maximum atomic E-state index is 10.3. The summed E-state index contributed by atoms with van der Waals surface area (Å²) in [5.41, 5.74) is 0. The Hall–Kier alpha value is -0.0900. The van der Waals surface area contributed by atoms with E-state index in [0.29, 0.717) is 13.1 Å². The molecule has 1 aliphatic rings. The van der Waals surface area contributed by atoms with Gasteiger partial charge in [-0.25, -0.2) is 12.7 Å². The van der Waals surface area contributed by atoms with Gasteiger partial charge >= 0.3 is 0 Å². The highest BCUT2D eigenvalue weighted by molar-refractivity contribution is 7.69. The maximum Gasteiger partial charge on any atom is 0.203 e. The molecule has 0 N–H and O–H groups in total. The van der Waals surface area contributed by atoms with Crippen molar-refractivity contribution in [3.05, 3.63) is 6.42 Å². The summed E-state index contributed by atoms with van der Waals surface area (Å²) in [5, 5.41) is 0. The van der Waals surface area contributed by atoms with Crippen molar-refractivity contribution >= 4 is 10.9 Å². The Morgan fingerprint density at radius 2 is 2.22 bits per heavy atom. The molecule has 1 saturated heterocycles. The molecule has 0 aromatic carbocycles. The van der Waals surface area contributed by atoms with Crippen molar-refractivity contribution in [2.24, 2.45) is 0 Å². The molecule has 1 rings (SSSR count). The van der Waals surface area contributed by atoms with Crippen LogP contribution in [0, 0.1) is 6.42 Å². The van der Waals surface area contributed by atoms with E-state index in [1.807, 2.05) is 6.42 Å². The zero-order chi connectivity index (χ0) is 6.69. The molecular formula is C5H10NO2S. The van der Waals surface area contributed by atoms with Gasteiger partial charge in [-0.15, -0.1) is 0 Å². The standard InChI is InChI=1S/C5H10NO2S/c7-9(8)6-4-2-1-3-5-6/h2,9H,1,3-5H2. The first-order chi connectivity index (χ1) is 4.30. The van der Waals surface area contributed by atoms with E-state index < -0.39 is 10.9 Å². The largest absolute Gasteiger partial charge is 0.215 e. The fourth-order valence-electron chi connectivity index (χ4n) is 0.898. The molecule has 0 spiro atoms. The second kappa shape index (κ2) is 3.17. The van der Waals surface area contributed by atoms with Crippen LogP contribution in [0.5, 0.6) is 0 Å². The first-order valence-electron chi connectivity index (χ1n) is 3.01. The minimum atomic E-state index is -2.32. The lowest BCUT2D eigenvalue weighted by atomic mass is 10.2. The third-order valence-corrected chi connectivity index (χ3v) is 2.22. The van der Waals surface area contributed by atoms with Gasteiger partial charge in [0.05, 0.1) is 0 Å². The number of piperidine rings is 1. The lowest BCUT2D eigenvalue weighted by Gasteiger charge is -2.18. The molecule has 1 heterocycles. The van der Waals surface area contributed by atoms with Gasteiger partial charge in [0.25, 0.3) is 0 Å². The van der Waals surface area contributed by atoms with Crippen molar-refractivity contribution in [2.75, 3.05) is 13.1 Å². The van der Waals surface area contributed by atoms with Gasteiger partial charge in [0.15, 0.2) is 0 Å². The van der Waals surface area contributed by atoms with Gasteiger partial charge in [-0.05, 0) is 19.3 Å². The molecule has 0 aliphatic carbocycles. The van der Waals surface area contributed by atoms with Gasteiger partial charge in [0.1, 0.15) is 0 Å². The van der Waals surface area contributed by atoms with E-state index in [0.717, 1.165) is 12.8 Å². The molecule has 3 nitrogen and oxygen atoms in total. The fourth-order valence-corrected chi connectivity index (χ4v) is 1.45. The van der Waals surface area contributed by atoms with Gasteiger partial charge < -0.3 is 0 Å². The molecule has 1 fully saturated rings. The normalized spacial score (nSPS) is 22.8. The number of thiol groups is 1. The summed E-state index contributed by atoms with van der Waals surface area (Å²) < 4.78 is 22.1. The Kier molecular flexibility index (Phi) is 2.48. The minimum absolute atomic E-state index is 0.610. The zero-order valence-corrected chi connectivity index (χ0v) is 6.01. The molecule has 0 atom stereocenters. The highest BCUT2D eigenvalue weighted by Crippen LogP contribution is 2.06. The van der Waals surface area contributed by atoms with Gasteiger partial charge in [0.2, 0.25) is 10.9 Å². The molecule has 1 aliphatic heterocycles. The first-order valence-corrected chi connectivity index (χ1v) is 4.14. The second-order valence-corrected chi connectivity index (χ2v) is 3.12. The Morgan fingerprint density at radius 1 is 1.44 bits per heavy atom. The van der Waals surface area contributed by atoms with Crippen LogP contribution in [-0.4, -0.2) is 25.8 Å². The van der Waals surface area contributed by atoms with E-state index in [4.69, 9.17) is 0 Å². The average molecular weight is 148 g/mol. The molecule has 53 valence electrons. The minimum Gasteiger partial charge on any atom is -0.215 e. The van der Waals surface area contributed by atoms with E-state index in [-0.39, 0.29) is 0 Å². The Labute approximate surface area is 56.7 Å². The number of rotatable bonds is 1. The van der Waals surface area contributed by atoms with Crippen LogP contribution in [-0.2, 0) is 10.9 Å². The Balaban J connectivity index is 2.40. The number of hydrogen-bond donors (Lipinski definition) is 1. The monoisotopic (exact) mass is 148 g/mol. The zero-order valence-electron chi connectivity index (χ0n) is 5.12. The highest BCUT2D eigenvalue weighted by Gasteiger charge is 2.10. The van der Waals surface area contributed by atoms with E-state index in [9.17, 15) is 8.42 Å². The van der Waals surface area contributed by atoms with Crippen LogP contribution >= 0.6 is 0 Å².